The number of rotatable bonds is 2. The van der Waals surface area contributed by atoms with E-state index in [0.717, 1.165) is 22.6 Å². The molecule has 3 rings (SSSR count). The van der Waals surface area contributed by atoms with E-state index >= 15 is 0 Å². The highest BCUT2D eigenvalue weighted by Crippen LogP contribution is 2.35. The van der Waals surface area contributed by atoms with E-state index in [4.69, 9.17) is 5.84 Å². The highest BCUT2D eigenvalue weighted by atomic mass is 32.1. The van der Waals surface area contributed by atoms with Crippen LogP contribution in [0.4, 0.5) is 11.8 Å². The fourth-order valence-electron chi connectivity index (χ4n) is 3.12. The fraction of sp³-hybridized carbons (Fsp3) is 0.571. The molecule has 2 aromatic heterocycles. The molecule has 1 saturated heterocycles. The van der Waals surface area contributed by atoms with Gasteiger partial charge in [-0.1, -0.05) is 13.8 Å². The average molecular weight is 291 g/mol. The van der Waals surface area contributed by atoms with E-state index in [1.54, 1.807) is 11.3 Å². The Labute approximate surface area is 123 Å². The Bertz CT molecular complexity index is 611. The maximum atomic E-state index is 5.51. The summed E-state index contributed by atoms with van der Waals surface area (Å²) in [6, 6.07) is 2.58. The van der Waals surface area contributed by atoms with Crippen LogP contribution < -0.4 is 16.2 Å². The van der Waals surface area contributed by atoms with E-state index in [1.807, 2.05) is 0 Å². The molecule has 3 heterocycles. The van der Waals surface area contributed by atoms with Crippen LogP contribution in [0.3, 0.4) is 0 Å². The lowest BCUT2D eigenvalue weighted by Crippen LogP contribution is -2.46. The molecule has 0 aliphatic carbocycles. The Balaban J connectivity index is 2.09. The molecule has 0 amide bonds. The first-order valence-electron chi connectivity index (χ1n) is 7.08. The number of thiophene rings is 1. The molecular formula is C14H21N5S. The van der Waals surface area contributed by atoms with Gasteiger partial charge in [-0.05, 0) is 36.6 Å². The minimum atomic E-state index is 0.481. The van der Waals surface area contributed by atoms with E-state index < -0.39 is 0 Å². The van der Waals surface area contributed by atoms with Crippen LogP contribution in [-0.2, 0) is 0 Å². The van der Waals surface area contributed by atoms with Gasteiger partial charge in [0, 0.05) is 12.6 Å². The summed E-state index contributed by atoms with van der Waals surface area (Å²) in [4.78, 5) is 12.4. The average Bonchev–Trinajstić information content (AvgIpc) is 2.90. The van der Waals surface area contributed by atoms with Crippen LogP contribution in [0.5, 0.6) is 0 Å². The maximum Gasteiger partial charge on any atom is 0.240 e. The number of hydrogen-bond acceptors (Lipinski definition) is 6. The molecule has 1 aliphatic rings. The number of nitrogen functional groups attached to an aromatic ring is 1. The zero-order valence-electron chi connectivity index (χ0n) is 12.1. The molecule has 3 unspecified atom stereocenters. The predicted octanol–water partition coefficient (Wildman–Crippen LogP) is 2.85. The number of nitrogens with zero attached hydrogens (tertiary/aromatic N) is 3. The molecule has 0 spiro atoms. The molecule has 5 nitrogen and oxygen atoms in total. The van der Waals surface area contributed by atoms with Gasteiger partial charge in [0.25, 0.3) is 0 Å². The van der Waals surface area contributed by atoms with Crippen LogP contribution in [-0.4, -0.2) is 22.6 Å². The minimum absolute atomic E-state index is 0.481. The second kappa shape index (κ2) is 5.18. The molecule has 2 aromatic rings. The van der Waals surface area contributed by atoms with Crippen LogP contribution in [0, 0.1) is 11.8 Å². The van der Waals surface area contributed by atoms with E-state index in [0.29, 0.717) is 23.8 Å². The summed E-state index contributed by atoms with van der Waals surface area (Å²) >= 11 is 1.62. The lowest BCUT2D eigenvalue weighted by molar-refractivity contribution is 0.296. The van der Waals surface area contributed by atoms with Crippen molar-refractivity contribution in [2.75, 3.05) is 16.9 Å². The summed E-state index contributed by atoms with van der Waals surface area (Å²) in [5.74, 6) is 8.35. The van der Waals surface area contributed by atoms with Crippen LogP contribution in [0.25, 0.3) is 10.2 Å². The molecule has 3 N–H and O–H groups in total. The molecule has 6 heteroatoms. The first-order valence-corrected chi connectivity index (χ1v) is 7.96. The molecule has 1 aliphatic heterocycles. The van der Waals surface area contributed by atoms with Crippen molar-refractivity contribution in [3.8, 4) is 0 Å². The molecule has 3 atom stereocenters. The van der Waals surface area contributed by atoms with E-state index in [9.17, 15) is 0 Å². The van der Waals surface area contributed by atoms with Crippen molar-refractivity contribution >= 4 is 33.3 Å². The second-order valence-corrected chi connectivity index (χ2v) is 6.76. The number of aromatic nitrogens is 2. The maximum absolute atomic E-state index is 5.51. The van der Waals surface area contributed by atoms with Crippen molar-refractivity contribution in [1.82, 2.24) is 9.97 Å². The van der Waals surface area contributed by atoms with Crippen molar-refractivity contribution in [3.63, 3.8) is 0 Å². The Morgan fingerprint density at radius 3 is 2.90 bits per heavy atom. The normalized spacial score (nSPS) is 27.0. The van der Waals surface area contributed by atoms with Gasteiger partial charge in [-0.2, -0.15) is 4.98 Å². The van der Waals surface area contributed by atoms with Gasteiger partial charge in [0.2, 0.25) is 5.95 Å². The van der Waals surface area contributed by atoms with Crippen molar-refractivity contribution in [3.05, 3.63) is 11.4 Å². The lowest BCUT2D eigenvalue weighted by atomic mass is 9.86. The zero-order valence-corrected chi connectivity index (χ0v) is 12.9. The highest BCUT2D eigenvalue weighted by molar-refractivity contribution is 7.16. The number of hydrazine groups is 1. The van der Waals surface area contributed by atoms with Crippen molar-refractivity contribution in [1.29, 1.82) is 0 Å². The molecular weight excluding hydrogens is 270 g/mol. The van der Waals surface area contributed by atoms with Crippen LogP contribution in [0.1, 0.15) is 27.2 Å². The first kappa shape index (κ1) is 13.6. The monoisotopic (exact) mass is 291 g/mol. The van der Waals surface area contributed by atoms with Gasteiger partial charge in [-0.3, -0.25) is 5.43 Å². The summed E-state index contributed by atoms with van der Waals surface area (Å²) in [6.45, 7) is 7.95. The van der Waals surface area contributed by atoms with Crippen LogP contribution >= 0.6 is 11.3 Å². The Morgan fingerprint density at radius 2 is 2.15 bits per heavy atom. The zero-order chi connectivity index (χ0) is 14.3. The summed E-state index contributed by atoms with van der Waals surface area (Å²) in [7, 11) is 0. The third-order valence-corrected chi connectivity index (χ3v) is 5.11. The quantitative estimate of drug-likeness (QED) is 0.658. The summed E-state index contributed by atoms with van der Waals surface area (Å²) < 4.78 is 0. The van der Waals surface area contributed by atoms with Crippen molar-refractivity contribution in [2.45, 2.75) is 33.2 Å². The number of anilines is 2. The summed E-state index contributed by atoms with van der Waals surface area (Å²) in [5.41, 5.74) is 2.58. The number of nitrogens with two attached hydrogens (primary N) is 1. The summed E-state index contributed by atoms with van der Waals surface area (Å²) in [5, 5.41) is 3.19. The third kappa shape index (κ3) is 2.23. The predicted molar refractivity (Wildman–Crippen MR) is 85.0 cm³/mol. The second-order valence-electron chi connectivity index (χ2n) is 5.87. The Hall–Kier alpha value is -1.40. The van der Waals surface area contributed by atoms with Gasteiger partial charge in [0.1, 0.15) is 10.6 Å². The fourth-order valence-corrected chi connectivity index (χ4v) is 3.88. The standard InChI is InChI=1S/C14H21N5S/c1-8-6-9(2)10(3)19(7-8)12-11-4-5-20-13(11)17-14(16-12)18-15/h4-5,8-10H,6-7,15H2,1-3H3,(H,16,17,18). The van der Waals surface area contributed by atoms with Crippen LogP contribution in [0.2, 0.25) is 0 Å². The van der Waals surface area contributed by atoms with Crippen molar-refractivity contribution in [2.24, 2.45) is 17.7 Å². The highest BCUT2D eigenvalue weighted by Gasteiger charge is 2.31. The minimum Gasteiger partial charge on any atom is -0.353 e. The molecule has 20 heavy (non-hydrogen) atoms. The third-order valence-electron chi connectivity index (χ3n) is 4.30. The smallest absolute Gasteiger partial charge is 0.240 e. The Kier molecular flexibility index (Phi) is 3.52. The van der Waals surface area contributed by atoms with E-state index in [1.165, 1.54) is 6.42 Å². The van der Waals surface area contributed by atoms with Gasteiger partial charge in [0.15, 0.2) is 0 Å². The number of hydrogen-bond donors (Lipinski definition) is 2. The van der Waals surface area contributed by atoms with E-state index in [-0.39, 0.29) is 0 Å². The number of nitrogens with one attached hydrogen (secondary N) is 1. The van der Waals surface area contributed by atoms with Crippen LogP contribution in [0.15, 0.2) is 11.4 Å². The molecule has 0 aromatic carbocycles. The van der Waals surface area contributed by atoms with Gasteiger partial charge in [0.05, 0.1) is 5.39 Å². The first-order chi connectivity index (χ1) is 9.60. The molecule has 0 bridgehead atoms. The number of piperidine rings is 1. The molecule has 0 saturated carbocycles. The van der Waals surface area contributed by atoms with E-state index in [2.05, 4.69) is 52.5 Å². The lowest BCUT2D eigenvalue weighted by Gasteiger charge is -2.42. The van der Waals surface area contributed by atoms with Gasteiger partial charge in [-0.25, -0.2) is 10.8 Å². The SMILES string of the molecule is CC1CC(C)C(C)N(c2nc(NN)nc3sccc23)C1. The summed E-state index contributed by atoms with van der Waals surface area (Å²) in [6.07, 6.45) is 1.28. The largest absolute Gasteiger partial charge is 0.353 e. The molecule has 108 valence electrons. The van der Waals surface area contributed by atoms with Crippen molar-refractivity contribution < 1.29 is 0 Å². The Morgan fingerprint density at radius 1 is 1.35 bits per heavy atom. The van der Waals surface area contributed by atoms with Gasteiger partial charge >= 0.3 is 0 Å². The van der Waals surface area contributed by atoms with Gasteiger partial charge < -0.3 is 4.90 Å². The molecule has 0 radical (unpaired) electrons. The van der Waals surface area contributed by atoms with Gasteiger partial charge in [-0.15, -0.1) is 11.3 Å². The number of fused-ring (bicyclic) bond motifs is 1. The topological polar surface area (TPSA) is 67.1 Å². The molecule has 1 fully saturated rings.